The lowest BCUT2D eigenvalue weighted by molar-refractivity contribution is 0.158. The van der Waals surface area contributed by atoms with Crippen LogP contribution in [0.5, 0.6) is 0 Å². The number of hydrogen-bond donors (Lipinski definition) is 1. The molecule has 3 nitrogen and oxygen atoms in total. The Labute approximate surface area is 115 Å². The third kappa shape index (κ3) is 2.67. The highest BCUT2D eigenvalue weighted by Gasteiger charge is 2.42. The van der Waals surface area contributed by atoms with Gasteiger partial charge in [-0.05, 0) is 63.1 Å². The zero-order valence-electron chi connectivity index (χ0n) is 11.9. The Morgan fingerprint density at radius 1 is 1.26 bits per heavy atom. The van der Waals surface area contributed by atoms with Crippen molar-refractivity contribution in [3.8, 4) is 0 Å². The van der Waals surface area contributed by atoms with Gasteiger partial charge in [0.25, 0.3) is 0 Å². The summed E-state index contributed by atoms with van der Waals surface area (Å²) in [5, 5.41) is 9.71. The molecule has 0 aliphatic heterocycles. The Kier molecular flexibility index (Phi) is 3.59. The van der Waals surface area contributed by atoms with Crippen LogP contribution in [-0.4, -0.2) is 34.2 Å². The number of pyridine rings is 1. The molecular formula is C16H24N2O. The summed E-state index contributed by atoms with van der Waals surface area (Å²) in [5.74, 6) is 1.52. The van der Waals surface area contributed by atoms with Crippen molar-refractivity contribution >= 4 is 0 Å². The van der Waals surface area contributed by atoms with E-state index in [0.29, 0.717) is 6.04 Å². The second kappa shape index (κ2) is 5.22. The predicted octanol–water partition coefficient (Wildman–Crippen LogP) is 2.37. The van der Waals surface area contributed by atoms with Crippen LogP contribution in [0, 0.1) is 18.8 Å². The fourth-order valence-corrected chi connectivity index (χ4v) is 3.99. The second-order valence-electron chi connectivity index (χ2n) is 6.43. The molecule has 2 fully saturated rings. The van der Waals surface area contributed by atoms with E-state index in [4.69, 9.17) is 0 Å². The number of aryl methyl sites for hydroxylation is 1. The van der Waals surface area contributed by atoms with Crippen molar-refractivity contribution in [3.63, 3.8) is 0 Å². The third-order valence-corrected chi connectivity index (χ3v) is 5.13. The number of nitrogens with zero attached hydrogens (tertiary/aromatic N) is 2. The fraction of sp³-hybridized carbons (Fsp3) is 0.688. The molecule has 4 atom stereocenters. The van der Waals surface area contributed by atoms with E-state index in [9.17, 15) is 5.11 Å². The van der Waals surface area contributed by atoms with Crippen molar-refractivity contribution in [2.75, 3.05) is 7.05 Å². The Bertz CT molecular complexity index is 434. The largest absolute Gasteiger partial charge is 0.393 e. The minimum Gasteiger partial charge on any atom is -0.393 e. The summed E-state index contributed by atoms with van der Waals surface area (Å²) in [7, 11) is 2.23. The van der Waals surface area contributed by atoms with Gasteiger partial charge in [-0.2, -0.15) is 0 Å². The minimum absolute atomic E-state index is 0.0261. The zero-order valence-corrected chi connectivity index (χ0v) is 11.9. The van der Waals surface area contributed by atoms with Crippen LogP contribution in [0.2, 0.25) is 0 Å². The number of rotatable bonds is 3. The Morgan fingerprint density at radius 2 is 1.95 bits per heavy atom. The molecule has 0 amide bonds. The summed E-state index contributed by atoms with van der Waals surface area (Å²) in [4.78, 5) is 6.85. The maximum Gasteiger partial charge on any atom is 0.0545 e. The molecule has 2 unspecified atom stereocenters. The summed E-state index contributed by atoms with van der Waals surface area (Å²) < 4.78 is 0. The second-order valence-corrected chi connectivity index (χ2v) is 6.43. The molecule has 0 bridgehead atoms. The lowest BCUT2D eigenvalue weighted by atomic mass is 10.0. The highest BCUT2D eigenvalue weighted by atomic mass is 16.3. The van der Waals surface area contributed by atoms with Gasteiger partial charge in [0.1, 0.15) is 0 Å². The summed E-state index contributed by atoms with van der Waals surface area (Å²) in [6.45, 7) is 3.08. The first-order chi connectivity index (χ1) is 9.13. The van der Waals surface area contributed by atoms with E-state index in [2.05, 4.69) is 29.9 Å². The molecule has 2 saturated carbocycles. The van der Waals surface area contributed by atoms with Crippen LogP contribution in [0.3, 0.4) is 0 Å². The number of aromatic nitrogens is 1. The number of aliphatic hydroxyl groups excluding tert-OH is 1. The highest BCUT2D eigenvalue weighted by molar-refractivity contribution is 5.18. The van der Waals surface area contributed by atoms with E-state index in [1.807, 2.05) is 12.3 Å². The van der Waals surface area contributed by atoms with Crippen molar-refractivity contribution in [1.29, 1.82) is 0 Å². The number of aliphatic hydroxyl groups is 1. The Morgan fingerprint density at radius 3 is 2.58 bits per heavy atom. The van der Waals surface area contributed by atoms with E-state index in [1.54, 1.807) is 0 Å². The molecule has 0 spiro atoms. The van der Waals surface area contributed by atoms with Crippen molar-refractivity contribution in [2.45, 2.75) is 51.3 Å². The summed E-state index contributed by atoms with van der Waals surface area (Å²) in [5.41, 5.74) is 2.48. The molecular weight excluding hydrogens is 236 g/mol. The van der Waals surface area contributed by atoms with E-state index < -0.39 is 0 Å². The van der Waals surface area contributed by atoms with Gasteiger partial charge in [0.15, 0.2) is 0 Å². The fourth-order valence-electron chi connectivity index (χ4n) is 3.99. The first kappa shape index (κ1) is 13.1. The quantitative estimate of drug-likeness (QED) is 0.906. The molecule has 2 aliphatic carbocycles. The zero-order chi connectivity index (χ0) is 13.4. The van der Waals surface area contributed by atoms with Gasteiger partial charge < -0.3 is 5.11 Å². The average Bonchev–Trinajstić information content (AvgIpc) is 2.89. The topological polar surface area (TPSA) is 36.4 Å². The van der Waals surface area contributed by atoms with Gasteiger partial charge in [-0.15, -0.1) is 0 Å². The molecule has 0 radical (unpaired) electrons. The SMILES string of the molecule is Cc1ncccc1CN(C)C1C[C@H]2CC(O)C[C@H]2C1. The first-order valence-electron chi connectivity index (χ1n) is 7.42. The Balaban J connectivity index is 1.61. The normalized spacial score (nSPS) is 33.9. The van der Waals surface area contributed by atoms with Crippen LogP contribution in [0.4, 0.5) is 0 Å². The van der Waals surface area contributed by atoms with Gasteiger partial charge in [-0.25, -0.2) is 0 Å². The first-order valence-corrected chi connectivity index (χ1v) is 7.42. The van der Waals surface area contributed by atoms with Gasteiger partial charge in [0, 0.05) is 24.5 Å². The molecule has 0 aromatic carbocycles. The van der Waals surface area contributed by atoms with Crippen LogP contribution in [0.1, 0.15) is 36.9 Å². The van der Waals surface area contributed by atoms with Crippen molar-refractivity contribution in [1.82, 2.24) is 9.88 Å². The number of hydrogen-bond acceptors (Lipinski definition) is 3. The van der Waals surface area contributed by atoms with Crippen LogP contribution < -0.4 is 0 Å². The summed E-state index contributed by atoms with van der Waals surface area (Å²) in [6.07, 6.45) is 6.42. The Hall–Kier alpha value is -0.930. The molecule has 0 saturated heterocycles. The van der Waals surface area contributed by atoms with Gasteiger partial charge >= 0.3 is 0 Å². The molecule has 1 aromatic rings. The van der Waals surface area contributed by atoms with Crippen LogP contribution in [0.25, 0.3) is 0 Å². The van der Waals surface area contributed by atoms with E-state index >= 15 is 0 Å². The van der Waals surface area contributed by atoms with Gasteiger partial charge in [-0.3, -0.25) is 9.88 Å². The van der Waals surface area contributed by atoms with Crippen LogP contribution >= 0.6 is 0 Å². The maximum absolute atomic E-state index is 9.71. The molecule has 1 heterocycles. The van der Waals surface area contributed by atoms with Crippen molar-refractivity contribution in [3.05, 3.63) is 29.6 Å². The average molecular weight is 260 g/mol. The highest BCUT2D eigenvalue weighted by Crippen LogP contribution is 2.45. The van der Waals surface area contributed by atoms with Gasteiger partial charge in [0.2, 0.25) is 0 Å². The minimum atomic E-state index is -0.0261. The standard InChI is InChI=1S/C16H24N2O/c1-11-12(4-3-5-17-11)10-18(2)15-6-13-8-16(19)9-14(13)7-15/h3-5,13-16,19H,6-10H2,1-2H3/t13-,14+,15?,16?. The summed E-state index contributed by atoms with van der Waals surface area (Å²) in [6, 6.07) is 4.89. The van der Waals surface area contributed by atoms with Crippen LogP contribution in [0.15, 0.2) is 18.3 Å². The predicted molar refractivity (Wildman–Crippen MR) is 75.7 cm³/mol. The molecule has 3 heteroatoms. The third-order valence-electron chi connectivity index (χ3n) is 5.13. The number of fused-ring (bicyclic) bond motifs is 1. The van der Waals surface area contributed by atoms with Crippen molar-refractivity contribution < 1.29 is 5.11 Å². The maximum atomic E-state index is 9.71. The molecule has 1 N–H and O–H groups in total. The van der Waals surface area contributed by atoms with Gasteiger partial charge in [0.05, 0.1) is 6.10 Å². The van der Waals surface area contributed by atoms with E-state index in [1.165, 1.54) is 18.4 Å². The molecule has 104 valence electrons. The van der Waals surface area contributed by atoms with Gasteiger partial charge in [-0.1, -0.05) is 6.07 Å². The molecule has 2 aliphatic rings. The van der Waals surface area contributed by atoms with Crippen LogP contribution in [-0.2, 0) is 6.54 Å². The molecule has 1 aromatic heterocycles. The lowest BCUT2D eigenvalue weighted by Crippen LogP contribution is -2.30. The summed E-state index contributed by atoms with van der Waals surface area (Å²) >= 11 is 0. The molecule has 19 heavy (non-hydrogen) atoms. The molecule has 3 rings (SSSR count). The van der Waals surface area contributed by atoms with E-state index in [0.717, 1.165) is 36.9 Å². The monoisotopic (exact) mass is 260 g/mol. The van der Waals surface area contributed by atoms with E-state index in [-0.39, 0.29) is 6.10 Å². The lowest BCUT2D eigenvalue weighted by Gasteiger charge is -2.25. The van der Waals surface area contributed by atoms with Crippen molar-refractivity contribution in [2.24, 2.45) is 11.8 Å². The smallest absolute Gasteiger partial charge is 0.0545 e.